The van der Waals surface area contributed by atoms with Crippen molar-refractivity contribution < 1.29 is 31.9 Å². The van der Waals surface area contributed by atoms with Gasteiger partial charge in [-0.15, -0.1) is 0 Å². The van der Waals surface area contributed by atoms with Gasteiger partial charge in [0.25, 0.3) is 0 Å². The van der Waals surface area contributed by atoms with Crippen LogP contribution >= 0.6 is 0 Å². The van der Waals surface area contributed by atoms with Gasteiger partial charge < -0.3 is 14.1 Å². The van der Waals surface area contributed by atoms with E-state index in [-0.39, 0.29) is 11.1 Å². The van der Waals surface area contributed by atoms with E-state index < -0.39 is 36.3 Å². The standard InChI is InChI=1S/C25H25F4N3O3/c1-13-30-18(12-32(13)4)16-9-14(10-20-21(16)15-7-5-6-8-19(15)35-20)22(25(27,28)29)31-17(23(33)34)11-24(2,3)26/h5-10,12,17,22,31H,11H2,1-4H3,(H,33,34)/t17-,22-/m0/s1. The number of aliphatic carboxylic acids is 1. The number of imidazole rings is 1. The van der Waals surface area contributed by atoms with Crippen LogP contribution in [0.25, 0.3) is 33.2 Å². The Hall–Kier alpha value is -3.40. The number of carboxylic acid groups (broad SMARTS) is 1. The Kier molecular flexibility index (Phi) is 6.12. The highest BCUT2D eigenvalue weighted by atomic mass is 19.4. The molecule has 4 rings (SSSR count). The molecule has 0 radical (unpaired) electrons. The van der Waals surface area contributed by atoms with Crippen LogP contribution in [0.5, 0.6) is 0 Å². The van der Waals surface area contributed by atoms with Gasteiger partial charge in [-0.05, 0) is 44.5 Å². The second-order valence-corrected chi connectivity index (χ2v) is 9.28. The first kappa shape index (κ1) is 24.7. The summed E-state index contributed by atoms with van der Waals surface area (Å²) in [5.41, 5.74) is -0.691. The van der Waals surface area contributed by atoms with Crippen LogP contribution < -0.4 is 5.32 Å². The van der Waals surface area contributed by atoms with Crippen LogP contribution in [-0.4, -0.2) is 38.5 Å². The van der Waals surface area contributed by atoms with Gasteiger partial charge in [-0.3, -0.25) is 10.1 Å². The minimum atomic E-state index is -4.87. The van der Waals surface area contributed by atoms with Crippen LogP contribution in [0.3, 0.4) is 0 Å². The molecule has 2 atom stereocenters. The molecule has 0 spiro atoms. The van der Waals surface area contributed by atoms with E-state index >= 15 is 0 Å². The summed E-state index contributed by atoms with van der Waals surface area (Å²) in [6.07, 6.45) is -3.81. The monoisotopic (exact) mass is 491 g/mol. The molecule has 2 aromatic heterocycles. The number of aromatic nitrogens is 2. The number of rotatable bonds is 7. The van der Waals surface area contributed by atoms with Crippen molar-refractivity contribution in [2.45, 2.75) is 51.1 Å². The van der Waals surface area contributed by atoms with Gasteiger partial charge >= 0.3 is 12.1 Å². The van der Waals surface area contributed by atoms with E-state index in [2.05, 4.69) is 10.3 Å². The lowest BCUT2D eigenvalue weighted by Crippen LogP contribution is -2.47. The van der Waals surface area contributed by atoms with E-state index in [4.69, 9.17) is 4.42 Å². The molecule has 2 aromatic carbocycles. The third kappa shape index (κ3) is 5.02. The Balaban J connectivity index is 1.94. The zero-order valence-corrected chi connectivity index (χ0v) is 19.6. The zero-order chi connectivity index (χ0) is 25.7. The molecule has 0 aliphatic carbocycles. The molecule has 0 aliphatic heterocycles. The Morgan fingerprint density at radius 3 is 2.43 bits per heavy atom. The van der Waals surface area contributed by atoms with Crippen molar-refractivity contribution >= 4 is 27.9 Å². The zero-order valence-electron chi connectivity index (χ0n) is 19.6. The number of hydrogen-bond acceptors (Lipinski definition) is 4. The van der Waals surface area contributed by atoms with E-state index in [1.807, 2.05) is 6.07 Å². The number of hydrogen-bond donors (Lipinski definition) is 2. The second kappa shape index (κ2) is 8.67. The van der Waals surface area contributed by atoms with Crippen molar-refractivity contribution in [2.75, 3.05) is 0 Å². The minimum absolute atomic E-state index is 0.204. The third-order valence-corrected chi connectivity index (χ3v) is 5.90. The van der Waals surface area contributed by atoms with Crippen LogP contribution in [0, 0.1) is 6.92 Å². The molecular weight excluding hydrogens is 466 g/mol. The van der Waals surface area contributed by atoms with Crippen LogP contribution in [0.4, 0.5) is 17.6 Å². The fraction of sp³-hybridized carbons (Fsp3) is 0.360. The van der Waals surface area contributed by atoms with Gasteiger partial charge in [-0.1, -0.05) is 18.2 Å². The van der Waals surface area contributed by atoms with E-state index in [1.54, 1.807) is 42.9 Å². The number of benzene rings is 2. The number of aryl methyl sites for hydroxylation is 2. The Bertz CT molecular complexity index is 1380. The molecule has 0 aliphatic rings. The number of halogens is 4. The third-order valence-electron chi connectivity index (χ3n) is 5.90. The quantitative estimate of drug-likeness (QED) is 0.306. The predicted molar refractivity (Wildman–Crippen MR) is 124 cm³/mol. The Morgan fingerprint density at radius 1 is 1.17 bits per heavy atom. The predicted octanol–water partition coefficient (Wildman–Crippen LogP) is 6.08. The van der Waals surface area contributed by atoms with Crippen LogP contribution in [-0.2, 0) is 11.8 Å². The van der Waals surface area contributed by atoms with E-state index in [1.165, 1.54) is 12.1 Å². The number of alkyl halides is 4. The van der Waals surface area contributed by atoms with Crippen molar-refractivity contribution in [3.8, 4) is 11.3 Å². The van der Waals surface area contributed by atoms with Gasteiger partial charge in [0.15, 0.2) is 0 Å². The average Bonchev–Trinajstić information content (AvgIpc) is 3.28. The summed E-state index contributed by atoms with van der Waals surface area (Å²) < 4.78 is 64.6. The van der Waals surface area contributed by atoms with Gasteiger partial charge in [0.05, 0.1) is 5.69 Å². The summed E-state index contributed by atoms with van der Waals surface area (Å²) in [4.78, 5) is 16.2. The first-order valence-electron chi connectivity index (χ1n) is 10.9. The summed E-state index contributed by atoms with van der Waals surface area (Å²) in [6.45, 7) is 4.01. The lowest BCUT2D eigenvalue weighted by atomic mass is 9.95. The van der Waals surface area contributed by atoms with Gasteiger partial charge in [0, 0.05) is 36.0 Å². The molecule has 35 heavy (non-hydrogen) atoms. The highest BCUT2D eigenvalue weighted by molar-refractivity contribution is 6.12. The first-order valence-corrected chi connectivity index (χ1v) is 10.9. The van der Waals surface area contributed by atoms with Crippen molar-refractivity contribution in [3.63, 3.8) is 0 Å². The molecule has 0 fully saturated rings. The molecule has 4 aromatic rings. The number of furan rings is 1. The number of fused-ring (bicyclic) bond motifs is 3. The van der Waals surface area contributed by atoms with Crippen molar-refractivity contribution in [1.82, 2.24) is 14.9 Å². The number of nitrogens with zero attached hydrogens (tertiary/aromatic N) is 2. The van der Waals surface area contributed by atoms with Crippen LogP contribution in [0.15, 0.2) is 47.0 Å². The SMILES string of the molecule is Cc1nc(-c2cc([C@H](N[C@@H](CC(C)(C)F)C(=O)O)C(F)(F)F)cc3oc4ccccc4c23)cn1C. The summed E-state index contributed by atoms with van der Waals surface area (Å²) in [5, 5.41) is 12.9. The fourth-order valence-electron chi connectivity index (χ4n) is 4.22. The molecule has 186 valence electrons. The molecule has 0 unspecified atom stereocenters. The molecule has 2 N–H and O–H groups in total. The first-order chi connectivity index (χ1) is 16.2. The van der Waals surface area contributed by atoms with Gasteiger partial charge in [0.2, 0.25) is 0 Å². The molecule has 10 heteroatoms. The van der Waals surface area contributed by atoms with Gasteiger partial charge in [-0.2, -0.15) is 13.2 Å². The van der Waals surface area contributed by atoms with Crippen molar-refractivity contribution in [3.05, 3.63) is 54.0 Å². The topological polar surface area (TPSA) is 80.3 Å². The normalized spacial score (nSPS) is 14.5. The smallest absolute Gasteiger partial charge is 0.407 e. The number of carboxylic acids is 1. The van der Waals surface area contributed by atoms with E-state index in [9.17, 15) is 27.5 Å². The summed E-state index contributed by atoms with van der Waals surface area (Å²) in [7, 11) is 1.77. The molecule has 0 amide bonds. The van der Waals surface area contributed by atoms with Gasteiger partial charge in [0.1, 0.15) is 34.7 Å². The van der Waals surface area contributed by atoms with Crippen LogP contribution in [0.1, 0.15) is 37.7 Å². The maximum atomic E-state index is 14.3. The van der Waals surface area contributed by atoms with Gasteiger partial charge in [-0.25, -0.2) is 9.37 Å². The lowest BCUT2D eigenvalue weighted by Gasteiger charge is -2.28. The second-order valence-electron chi connectivity index (χ2n) is 9.28. The molecule has 0 saturated carbocycles. The molecule has 0 bridgehead atoms. The lowest BCUT2D eigenvalue weighted by molar-refractivity contribution is -0.164. The minimum Gasteiger partial charge on any atom is -0.480 e. The highest BCUT2D eigenvalue weighted by Gasteiger charge is 2.44. The van der Waals surface area contributed by atoms with Crippen molar-refractivity contribution in [1.29, 1.82) is 0 Å². The summed E-state index contributed by atoms with van der Waals surface area (Å²) >= 11 is 0. The summed E-state index contributed by atoms with van der Waals surface area (Å²) in [6, 6.07) is 5.52. The van der Waals surface area contributed by atoms with Crippen molar-refractivity contribution in [2.24, 2.45) is 7.05 Å². The largest absolute Gasteiger partial charge is 0.480 e. The van der Waals surface area contributed by atoms with Crippen LogP contribution in [0.2, 0.25) is 0 Å². The maximum absolute atomic E-state index is 14.3. The van der Waals surface area contributed by atoms with E-state index in [0.717, 1.165) is 13.8 Å². The number of nitrogens with one attached hydrogen (secondary N) is 1. The molecular formula is C25H25F4N3O3. The highest BCUT2D eigenvalue weighted by Crippen LogP contribution is 2.42. The van der Waals surface area contributed by atoms with E-state index in [0.29, 0.717) is 33.4 Å². The Labute approximate surface area is 198 Å². The fourth-order valence-corrected chi connectivity index (χ4v) is 4.22. The molecule has 0 saturated heterocycles. The molecule has 2 heterocycles. The average molecular weight is 491 g/mol. The summed E-state index contributed by atoms with van der Waals surface area (Å²) in [5.74, 6) is -0.914. The maximum Gasteiger partial charge on any atom is 0.407 e. The Morgan fingerprint density at radius 2 is 1.86 bits per heavy atom. The molecule has 6 nitrogen and oxygen atoms in total. The number of para-hydroxylation sites is 1. The number of carbonyl (C=O) groups is 1.